The van der Waals surface area contributed by atoms with Gasteiger partial charge >= 0.3 is 6.03 Å². The number of carbonyl (C=O) groups is 1. The van der Waals surface area contributed by atoms with E-state index in [1.54, 1.807) is 0 Å². The molecule has 1 aliphatic heterocycles. The van der Waals surface area contributed by atoms with Crippen molar-refractivity contribution in [2.45, 2.75) is 51.7 Å². The molecule has 4 nitrogen and oxygen atoms in total. The number of ether oxygens (including phenoxy) is 1. The Morgan fingerprint density at radius 3 is 2.79 bits per heavy atom. The Bertz CT molecular complexity index is 365. The molecule has 3 atom stereocenters. The highest BCUT2D eigenvalue weighted by Crippen LogP contribution is 2.51. The van der Waals surface area contributed by atoms with E-state index in [0.29, 0.717) is 12.0 Å². The van der Waals surface area contributed by atoms with Crippen LogP contribution in [0.3, 0.4) is 0 Å². The molecule has 19 heavy (non-hydrogen) atoms. The molecule has 1 heterocycles. The topological polar surface area (TPSA) is 41.6 Å². The molecule has 0 unspecified atom stereocenters. The molecule has 0 aromatic heterocycles. The molecule has 3 aliphatic rings. The summed E-state index contributed by atoms with van der Waals surface area (Å²) in [7, 11) is 1.91. The monoisotopic (exact) mass is 266 g/mol. The number of nitrogens with zero attached hydrogens (tertiary/aromatic N) is 1. The summed E-state index contributed by atoms with van der Waals surface area (Å²) in [5.41, 5.74) is 0.0706. The van der Waals surface area contributed by atoms with Crippen LogP contribution in [0.2, 0.25) is 0 Å². The molecule has 1 N–H and O–H groups in total. The van der Waals surface area contributed by atoms with Crippen molar-refractivity contribution in [1.29, 1.82) is 0 Å². The predicted octanol–water partition coefficient (Wildman–Crippen LogP) is 2.24. The van der Waals surface area contributed by atoms with Crippen molar-refractivity contribution >= 4 is 6.03 Å². The molecule has 4 heteroatoms. The van der Waals surface area contributed by atoms with E-state index in [2.05, 4.69) is 19.2 Å². The number of rotatable bonds is 3. The van der Waals surface area contributed by atoms with Gasteiger partial charge in [0.2, 0.25) is 0 Å². The third kappa shape index (κ3) is 2.35. The SMILES string of the molecule is CN(CC1CC1)C(=O)N[C@@H]1[C@@H]2CCCO[C@@H]2C1(C)C. The highest BCUT2D eigenvalue weighted by atomic mass is 16.5. The van der Waals surface area contributed by atoms with E-state index in [1.165, 1.54) is 19.3 Å². The Morgan fingerprint density at radius 2 is 2.11 bits per heavy atom. The molecule has 0 aromatic carbocycles. The average molecular weight is 266 g/mol. The highest BCUT2D eigenvalue weighted by molar-refractivity contribution is 5.74. The normalized spacial score (nSPS) is 36.1. The van der Waals surface area contributed by atoms with Crippen LogP contribution in [0.25, 0.3) is 0 Å². The molecule has 0 spiro atoms. The zero-order valence-electron chi connectivity index (χ0n) is 12.3. The Balaban J connectivity index is 1.57. The highest BCUT2D eigenvalue weighted by Gasteiger charge is 2.58. The standard InChI is InChI=1S/C15H26N2O2/c1-15(2)12(11-5-4-8-19-13(11)15)16-14(18)17(3)9-10-6-7-10/h10-13H,4-9H2,1-3H3,(H,16,18)/t11-,12+,13-/m0/s1. The molecular formula is C15H26N2O2. The Labute approximate surface area is 115 Å². The molecule has 0 aromatic rings. The van der Waals surface area contributed by atoms with Crippen molar-refractivity contribution in [2.75, 3.05) is 20.2 Å². The minimum Gasteiger partial charge on any atom is -0.377 e. The van der Waals surface area contributed by atoms with Gasteiger partial charge < -0.3 is 15.0 Å². The van der Waals surface area contributed by atoms with Gasteiger partial charge in [0.25, 0.3) is 0 Å². The summed E-state index contributed by atoms with van der Waals surface area (Å²) in [5.74, 6) is 1.26. The zero-order valence-corrected chi connectivity index (χ0v) is 12.3. The van der Waals surface area contributed by atoms with Gasteiger partial charge in [-0.15, -0.1) is 0 Å². The van der Waals surface area contributed by atoms with Gasteiger partial charge in [0, 0.05) is 37.6 Å². The van der Waals surface area contributed by atoms with E-state index in [1.807, 2.05) is 11.9 Å². The van der Waals surface area contributed by atoms with Crippen LogP contribution in [0.5, 0.6) is 0 Å². The number of amides is 2. The lowest BCUT2D eigenvalue weighted by Gasteiger charge is -2.59. The smallest absolute Gasteiger partial charge is 0.317 e. The first kappa shape index (κ1) is 13.2. The van der Waals surface area contributed by atoms with Crippen LogP contribution in [0.4, 0.5) is 4.79 Å². The molecule has 3 rings (SSSR count). The lowest BCUT2D eigenvalue weighted by Crippen LogP contribution is -2.70. The van der Waals surface area contributed by atoms with Crippen LogP contribution in [0.1, 0.15) is 39.5 Å². The van der Waals surface area contributed by atoms with Crippen molar-refractivity contribution in [1.82, 2.24) is 10.2 Å². The second-order valence-corrected chi connectivity index (χ2v) is 7.17. The van der Waals surface area contributed by atoms with Crippen LogP contribution in [-0.4, -0.2) is 43.3 Å². The Kier molecular flexibility index (Phi) is 3.24. The lowest BCUT2D eigenvalue weighted by atomic mass is 9.55. The molecule has 2 aliphatic carbocycles. The number of urea groups is 1. The summed E-state index contributed by atoms with van der Waals surface area (Å²) in [4.78, 5) is 14.1. The summed E-state index contributed by atoms with van der Waals surface area (Å²) >= 11 is 0. The molecule has 2 amide bonds. The van der Waals surface area contributed by atoms with Crippen molar-refractivity contribution in [2.24, 2.45) is 17.3 Å². The summed E-state index contributed by atoms with van der Waals surface area (Å²) in [6.07, 6.45) is 5.21. The largest absolute Gasteiger partial charge is 0.377 e. The second kappa shape index (κ2) is 4.65. The van der Waals surface area contributed by atoms with Crippen molar-refractivity contribution < 1.29 is 9.53 Å². The molecule has 1 saturated heterocycles. The number of carbonyl (C=O) groups excluding carboxylic acids is 1. The van der Waals surface area contributed by atoms with Crippen molar-refractivity contribution in [3.63, 3.8) is 0 Å². The van der Waals surface area contributed by atoms with E-state index in [-0.39, 0.29) is 17.5 Å². The first-order valence-corrected chi connectivity index (χ1v) is 7.63. The van der Waals surface area contributed by atoms with Crippen LogP contribution < -0.4 is 5.32 Å². The number of hydrogen-bond donors (Lipinski definition) is 1. The zero-order chi connectivity index (χ0) is 13.6. The quantitative estimate of drug-likeness (QED) is 0.851. The fourth-order valence-electron chi connectivity index (χ4n) is 3.83. The number of nitrogens with one attached hydrogen (secondary N) is 1. The second-order valence-electron chi connectivity index (χ2n) is 7.17. The summed E-state index contributed by atoms with van der Waals surface area (Å²) in [5, 5.41) is 3.25. The average Bonchev–Trinajstić information content (AvgIpc) is 3.19. The molecule has 0 bridgehead atoms. The fraction of sp³-hybridized carbons (Fsp3) is 0.933. The minimum absolute atomic E-state index is 0.0706. The number of fused-ring (bicyclic) bond motifs is 1. The first-order chi connectivity index (χ1) is 9.00. The van der Waals surface area contributed by atoms with Gasteiger partial charge in [-0.25, -0.2) is 4.79 Å². The van der Waals surface area contributed by atoms with E-state index < -0.39 is 0 Å². The molecular weight excluding hydrogens is 240 g/mol. The van der Waals surface area contributed by atoms with Crippen LogP contribution in [0.15, 0.2) is 0 Å². The van der Waals surface area contributed by atoms with Gasteiger partial charge in [0.15, 0.2) is 0 Å². The molecule has 108 valence electrons. The molecule has 2 saturated carbocycles. The molecule has 0 radical (unpaired) electrons. The van der Waals surface area contributed by atoms with Crippen LogP contribution in [-0.2, 0) is 4.74 Å². The van der Waals surface area contributed by atoms with Gasteiger partial charge in [0.05, 0.1) is 6.10 Å². The summed E-state index contributed by atoms with van der Waals surface area (Å²) in [6, 6.07) is 0.362. The van der Waals surface area contributed by atoms with E-state index in [0.717, 1.165) is 25.5 Å². The summed E-state index contributed by atoms with van der Waals surface area (Å²) in [6.45, 7) is 6.22. The fourth-order valence-corrected chi connectivity index (χ4v) is 3.83. The Hall–Kier alpha value is -0.770. The van der Waals surface area contributed by atoms with E-state index >= 15 is 0 Å². The lowest BCUT2D eigenvalue weighted by molar-refractivity contribution is -0.189. The predicted molar refractivity (Wildman–Crippen MR) is 73.9 cm³/mol. The van der Waals surface area contributed by atoms with Crippen LogP contribution in [0, 0.1) is 17.3 Å². The first-order valence-electron chi connectivity index (χ1n) is 7.63. The maximum absolute atomic E-state index is 12.2. The van der Waals surface area contributed by atoms with Crippen molar-refractivity contribution in [3.05, 3.63) is 0 Å². The van der Waals surface area contributed by atoms with E-state index in [4.69, 9.17) is 4.74 Å². The number of hydrogen-bond acceptors (Lipinski definition) is 2. The van der Waals surface area contributed by atoms with Crippen molar-refractivity contribution in [3.8, 4) is 0 Å². The minimum atomic E-state index is 0.0706. The third-order valence-electron chi connectivity index (χ3n) is 5.19. The maximum Gasteiger partial charge on any atom is 0.317 e. The summed E-state index contributed by atoms with van der Waals surface area (Å²) < 4.78 is 5.87. The maximum atomic E-state index is 12.2. The van der Waals surface area contributed by atoms with Gasteiger partial charge in [-0.3, -0.25) is 0 Å². The van der Waals surface area contributed by atoms with E-state index in [9.17, 15) is 4.79 Å². The van der Waals surface area contributed by atoms with Gasteiger partial charge in [-0.2, -0.15) is 0 Å². The van der Waals surface area contributed by atoms with Gasteiger partial charge in [-0.05, 0) is 31.6 Å². The van der Waals surface area contributed by atoms with Gasteiger partial charge in [0.1, 0.15) is 0 Å². The molecule has 3 fully saturated rings. The van der Waals surface area contributed by atoms with Gasteiger partial charge in [-0.1, -0.05) is 13.8 Å². The third-order valence-corrected chi connectivity index (χ3v) is 5.19. The van der Waals surface area contributed by atoms with Crippen LogP contribution >= 0.6 is 0 Å². The Morgan fingerprint density at radius 1 is 1.37 bits per heavy atom.